The van der Waals surface area contributed by atoms with Gasteiger partial charge in [-0.25, -0.2) is 9.97 Å². The third kappa shape index (κ3) is 2.18. The summed E-state index contributed by atoms with van der Waals surface area (Å²) in [6.07, 6.45) is 5.55. The van der Waals surface area contributed by atoms with Crippen LogP contribution in [-0.2, 0) is 0 Å². The van der Waals surface area contributed by atoms with Crippen LogP contribution in [-0.4, -0.2) is 34.1 Å². The van der Waals surface area contributed by atoms with Crippen LogP contribution in [0.25, 0.3) is 11.5 Å². The minimum absolute atomic E-state index is 0.269. The Morgan fingerprint density at radius 2 is 2.15 bits per heavy atom. The van der Waals surface area contributed by atoms with E-state index in [4.69, 9.17) is 10.7 Å². The van der Waals surface area contributed by atoms with Crippen LogP contribution in [0.15, 0.2) is 24.4 Å². The lowest BCUT2D eigenvalue weighted by atomic mass is 10.3. The standard InChI is InChI=1S/C15H19N5/c16-11-6-7-20(9-11)14-3-1-2-12(18-14)15-17-8-13(19-15)10-4-5-10/h1-3,8,10-11H,4-7,9,16H2,(H,17,19). The number of H-pyrrole nitrogens is 1. The first-order valence-electron chi connectivity index (χ1n) is 7.32. The molecule has 0 spiro atoms. The number of nitrogens with one attached hydrogen (secondary N) is 1. The van der Waals surface area contributed by atoms with Crippen LogP contribution in [0.4, 0.5) is 5.82 Å². The number of hydrogen-bond acceptors (Lipinski definition) is 4. The predicted octanol–water partition coefficient (Wildman–Crippen LogP) is 1.89. The zero-order chi connectivity index (χ0) is 13.5. The minimum Gasteiger partial charge on any atom is -0.355 e. The van der Waals surface area contributed by atoms with Crippen molar-refractivity contribution in [2.45, 2.75) is 31.2 Å². The van der Waals surface area contributed by atoms with E-state index in [0.717, 1.165) is 36.8 Å². The fourth-order valence-corrected chi connectivity index (χ4v) is 2.79. The van der Waals surface area contributed by atoms with Crippen molar-refractivity contribution >= 4 is 5.82 Å². The Bertz CT molecular complexity index is 616. The fraction of sp³-hybridized carbons (Fsp3) is 0.467. The molecule has 2 fully saturated rings. The lowest BCUT2D eigenvalue weighted by molar-refractivity contribution is 0.751. The molecule has 5 heteroatoms. The summed E-state index contributed by atoms with van der Waals surface area (Å²) in [6.45, 7) is 1.88. The SMILES string of the molecule is NC1CCN(c2cccc(-c3ncc(C4CC4)[nH]3)n2)C1. The molecule has 4 rings (SSSR count). The largest absolute Gasteiger partial charge is 0.355 e. The fourth-order valence-electron chi connectivity index (χ4n) is 2.79. The molecule has 1 saturated carbocycles. The van der Waals surface area contributed by atoms with Gasteiger partial charge in [0.15, 0.2) is 5.82 Å². The lowest BCUT2D eigenvalue weighted by Gasteiger charge is -2.17. The third-order valence-electron chi connectivity index (χ3n) is 4.14. The minimum atomic E-state index is 0.269. The average molecular weight is 269 g/mol. The topological polar surface area (TPSA) is 70.8 Å². The van der Waals surface area contributed by atoms with Gasteiger partial charge in [0.1, 0.15) is 11.5 Å². The summed E-state index contributed by atoms with van der Waals surface area (Å²) < 4.78 is 0. The highest BCUT2D eigenvalue weighted by molar-refractivity contribution is 5.55. The molecule has 0 amide bonds. The van der Waals surface area contributed by atoms with Gasteiger partial charge in [0, 0.05) is 36.9 Å². The van der Waals surface area contributed by atoms with Crippen molar-refractivity contribution in [3.63, 3.8) is 0 Å². The van der Waals surface area contributed by atoms with Crippen molar-refractivity contribution in [3.05, 3.63) is 30.1 Å². The normalized spacial score (nSPS) is 22.4. The zero-order valence-corrected chi connectivity index (χ0v) is 11.4. The summed E-state index contributed by atoms with van der Waals surface area (Å²) in [4.78, 5) is 14.8. The second-order valence-electron chi connectivity index (χ2n) is 5.84. The van der Waals surface area contributed by atoms with E-state index in [1.54, 1.807) is 0 Å². The Kier molecular flexibility index (Phi) is 2.73. The summed E-state index contributed by atoms with van der Waals surface area (Å²) in [5.41, 5.74) is 8.12. The molecule has 1 aliphatic carbocycles. The first kappa shape index (κ1) is 11.9. The summed E-state index contributed by atoms with van der Waals surface area (Å²) in [5, 5.41) is 0. The van der Waals surface area contributed by atoms with Gasteiger partial charge >= 0.3 is 0 Å². The molecule has 0 bridgehead atoms. The van der Waals surface area contributed by atoms with E-state index < -0.39 is 0 Å². The van der Waals surface area contributed by atoms with Gasteiger partial charge < -0.3 is 15.6 Å². The Balaban J connectivity index is 1.61. The molecule has 2 aromatic heterocycles. The number of anilines is 1. The Hall–Kier alpha value is -1.88. The van der Waals surface area contributed by atoms with Gasteiger partial charge in [0.2, 0.25) is 0 Å². The predicted molar refractivity (Wildman–Crippen MR) is 78.6 cm³/mol. The van der Waals surface area contributed by atoms with Crippen LogP contribution in [0.1, 0.15) is 30.9 Å². The maximum absolute atomic E-state index is 5.97. The summed E-state index contributed by atoms with van der Waals surface area (Å²) in [7, 11) is 0. The number of nitrogens with two attached hydrogens (primary N) is 1. The van der Waals surface area contributed by atoms with Gasteiger partial charge in [-0.1, -0.05) is 6.07 Å². The molecule has 3 heterocycles. The van der Waals surface area contributed by atoms with Crippen LogP contribution in [0.5, 0.6) is 0 Å². The van der Waals surface area contributed by atoms with E-state index in [1.165, 1.54) is 18.5 Å². The average Bonchev–Trinajstić information content (AvgIpc) is 3.04. The van der Waals surface area contributed by atoms with Crippen LogP contribution in [0.3, 0.4) is 0 Å². The first-order valence-corrected chi connectivity index (χ1v) is 7.32. The number of pyridine rings is 1. The van der Waals surface area contributed by atoms with E-state index >= 15 is 0 Å². The van der Waals surface area contributed by atoms with Crippen LogP contribution >= 0.6 is 0 Å². The second kappa shape index (κ2) is 4.59. The van der Waals surface area contributed by atoms with Crippen molar-refractivity contribution in [1.82, 2.24) is 15.0 Å². The molecule has 1 aliphatic heterocycles. The van der Waals surface area contributed by atoms with Crippen molar-refractivity contribution in [2.75, 3.05) is 18.0 Å². The van der Waals surface area contributed by atoms with E-state index in [2.05, 4.69) is 14.9 Å². The number of aromatic nitrogens is 3. The maximum atomic E-state index is 5.97. The Morgan fingerprint density at radius 1 is 1.25 bits per heavy atom. The van der Waals surface area contributed by atoms with Gasteiger partial charge in [0.05, 0.1) is 0 Å². The number of hydrogen-bond donors (Lipinski definition) is 2. The molecule has 104 valence electrons. The van der Waals surface area contributed by atoms with Crippen LogP contribution in [0.2, 0.25) is 0 Å². The first-order chi connectivity index (χ1) is 9.79. The molecule has 1 saturated heterocycles. The molecule has 1 unspecified atom stereocenters. The molecule has 3 N–H and O–H groups in total. The molecule has 2 aliphatic rings. The van der Waals surface area contributed by atoms with Crippen LogP contribution < -0.4 is 10.6 Å². The summed E-state index contributed by atoms with van der Waals surface area (Å²) in [5.74, 6) is 2.56. The monoisotopic (exact) mass is 269 g/mol. The lowest BCUT2D eigenvalue weighted by Crippen LogP contribution is -2.26. The van der Waals surface area contributed by atoms with Gasteiger partial charge in [0.25, 0.3) is 0 Å². The Labute approximate surface area is 118 Å². The van der Waals surface area contributed by atoms with Gasteiger partial charge in [-0.3, -0.25) is 0 Å². The molecular weight excluding hydrogens is 250 g/mol. The van der Waals surface area contributed by atoms with Crippen molar-refractivity contribution in [3.8, 4) is 11.5 Å². The van der Waals surface area contributed by atoms with E-state index in [9.17, 15) is 0 Å². The molecule has 5 nitrogen and oxygen atoms in total. The zero-order valence-electron chi connectivity index (χ0n) is 11.4. The molecule has 0 radical (unpaired) electrons. The molecule has 0 aromatic carbocycles. The highest BCUT2D eigenvalue weighted by Gasteiger charge is 2.26. The second-order valence-corrected chi connectivity index (χ2v) is 5.84. The van der Waals surface area contributed by atoms with Gasteiger partial charge in [-0.2, -0.15) is 0 Å². The highest BCUT2D eigenvalue weighted by Crippen LogP contribution is 2.39. The summed E-state index contributed by atoms with van der Waals surface area (Å²) >= 11 is 0. The number of imidazole rings is 1. The van der Waals surface area contributed by atoms with Gasteiger partial charge in [-0.05, 0) is 31.4 Å². The van der Waals surface area contributed by atoms with Crippen LogP contribution in [0, 0.1) is 0 Å². The highest BCUT2D eigenvalue weighted by atomic mass is 15.2. The number of nitrogens with zero attached hydrogens (tertiary/aromatic N) is 3. The maximum Gasteiger partial charge on any atom is 0.156 e. The molecule has 2 aromatic rings. The van der Waals surface area contributed by atoms with E-state index in [-0.39, 0.29) is 6.04 Å². The molecule has 1 atom stereocenters. The van der Waals surface area contributed by atoms with Crippen molar-refractivity contribution in [1.29, 1.82) is 0 Å². The summed E-state index contributed by atoms with van der Waals surface area (Å²) in [6, 6.07) is 6.37. The van der Waals surface area contributed by atoms with E-state index in [1.807, 2.05) is 24.4 Å². The third-order valence-corrected chi connectivity index (χ3v) is 4.14. The number of aromatic amines is 1. The van der Waals surface area contributed by atoms with E-state index in [0.29, 0.717) is 5.92 Å². The smallest absolute Gasteiger partial charge is 0.156 e. The molecule has 20 heavy (non-hydrogen) atoms. The number of rotatable bonds is 3. The molecular formula is C15H19N5. The Morgan fingerprint density at radius 3 is 2.90 bits per heavy atom. The van der Waals surface area contributed by atoms with Gasteiger partial charge in [-0.15, -0.1) is 0 Å². The van der Waals surface area contributed by atoms with Crippen molar-refractivity contribution in [2.24, 2.45) is 5.73 Å². The quantitative estimate of drug-likeness (QED) is 0.892. The van der Waals surface area contributed by atoms with Crippen molar-refractivity contribution < 1.29 is 0 Å².